The first kappa shape index (κ1) is 21.6. The lowest BCUT2D eigenvalue weighted by molar-refractivity contribution is -0.119. The van der Waals surface area contributed by atoms with Gasteiger partial charge in [-0.15, -0.1) is 0 Å². The number of alkyl halides is 2. The summed E-state index contributed by atoms with van der Waals surface area (Å²) in [5.74, 6) is -1.82. The van der Waals surface area contributed by atoms with Crippen LogP contribution in [-0.4, -0.2) is 37.2 Å². The van der Waals surface area contributed by atoms with Gasteiger partial charge in [0.15, 0.2) is 23.9 Å². The fourth-order valence-corrected chi connectivity index (χ4v) is 2.42. The maximum Gasteiger partial charge on any atom is 0.387 e. The number of nitrogens with one attached hydrogen (secondary N) is 1. The average Bonchev–Trinajstić information content (AvgIpc) is 2.64. The van der Waals surface area contributed by atoms with E-state index in [9.17, 15) is 18.4 Å². The first-order chi connectivity index (χ1) is 13.2. The second kappa shape index (κ2) is 9.52. The second-order valence-corrected chi connectivity index (χ2v) is 6.07. The van der Waals surface area contributed by atoms with E-state index in [-0.39, 0.29) is 27.9 Å². The molecule has 1 N–H and O–H groups in total. The lowest BCUT2D eigenvalue weighted by atomic mass is 10.2. The van der Waals surface area contributed by atoms with Gasteiger partial charge in [-0.05, 0) is 31.2 Å². The van der Waals surface area contributed by atoms with Crippen LogP contribution in [0.5, 0.6) is 11.5 Å². The number of amides is 1. The van der Waals surface area contributed by atoms with Gasteiger partial charge < -0.3 is 19.5 Å². The number of methoxy groups -OCH3 is 1. The number of carbonyl (C=O) groups is 2. The number of aryl methyl sites for hydroxylation is 1. The molecule has 0 aliphatic rings. The van der Waals surface area contributed by atoms with Gasteiger partial charge in [0.05, 0.1) is 28.4 Å². The number of hydrogen-bond donors (Lipinski definition) is 1. The maximum atomic E-state index is 12.3. The molecule has 0 atom stereocenters. The van der Waals surface area contributed by atoms with E-state index in [0.29, 0.717) is 10.7 Å². The molecule has 11 heteroatoms. The molecule has 0 radical (unpaired) electrons. The number of carbonyl (C=O) groups excluding carboxylic acids is 2. The van der Waals surface area contributed by atoms with Crippen LogP contribution in [0.2, 0.25) is 10.0 Å². The molecule has 2 rings (SSSR count). The Morgan fingerprint density at radius 1 is 1.18 bits per heavy atom. The third kappa shape index (κ3) is 5.67. The summed E-state index contributed by atoms with van der Waals surface area (Å²) in [5.41, 5.74) is 0.432. The molecule has 2 aromatic rings. The molecule has 28 heavy (non-hydrogen) atoms. The van der Waals surface area contributed by atoms with E-state index in [1.165, 1.54) is 19.2 Å². The maximum absolute atomic E-state index is 12.3. The van der Waals surface area contributed by atoms with Crippen molar-refractivity contribution in [2.75, 3.05) is 19.0 Å². The molecule has 0 aliphatic heterocycles. The van der Waals surface area contributed by atoms with E-state index in [1.54, 1.807) is 6.92 Å². The molecule has 1 aromatic heterocycles. The number of hydrogen-bond acceptors (Lipinski definition) is 6. The smallest absolute Gasteiger partial charge is 0.387 e. The van der Waals surface area contributed by atoms with E-state index in [0.717, 1.165) is 12.1 Å². The highest BCUT2D eigenvalue weighted by atomic mass is 35.5. The molecule has 0 aliphatic carbocycles. The zero-order valence-corrected chi connectivity index (χ0v) is 16.1. The monoisotopic (exact) mass is 434 g/mol. The lowest BCUT2D eigenvalue weighted by Gasteiger charge is -2.11. The minimum absolute atomic E-state index is 0.0234. The highest BCUT2D eigenvalue weighted by Crippen LogP contribution is 2.30. The molecule has 1 heterocycles. The zero-order chi connectivity index (χ0) is 20.8. The second-order valence-electron chi connectivity index (χ2n) is 5.25. The minimum Gasteiger partial charge on any atom is -0.493 e. The summed E-state index contributed by atoms with van der Waals surface area (Å²) in [5, 5.41) is 2.85. The van der Waals surface area contributed by atoms with Crippen molar-refractivity contribution in [2.24, 2.45) is 0 Å². The summed E-state index contributed by atoms with van der Waals surface area (Å²) in [6.45, 7) is -2.05. The topological polar surface area (TPSA) is 86.8 Å². The Bertz CT molecular complexity index is 896. The summed E-state index contributed by atoms with van der Waals surface area (Å²) < 4.78 is 38.7. The van der Waals surface area contributed by atoms with Crippen LogP contribution in [-0.2, 0) is 9.53 Å². The number of halogens is 4. The summed E-state index contributed by atoms with van der Waals surface area (Å²) in [4.78, 5) is 28.0. The van der Waals surface area contributed by atoms with Gasteiger partial charge in [0.2, 0.25) is 0 Å². The molecule has 0 saturated heterocycles. The van der Waals surface area contributed by atoms with Crippen molar-refractivity contribution >= 4 is 40.9 Å². The van der Waals surface area contributed by atoms with Gasteiger partial charge in [0.1, 0.15) is 0 Å². The first-order valence-corrected chi connectivity index (χ1v) is 8.39. The lowest BCUT2D eigenvalue weighted by Crippen LogP contribution is -2.22. The van der Waals surface area contributed by atoms with Crippen LogP contribution in [0.25, 0.3) is 0 Å². The highest BCUT2D eigenvalue weighted by Gasteiger charge is 2.17. The number of nitrogens with zero attached hydrogens (tertiary/aromatic N) is 1. The summed E-state index contributed by atoms with van der Waals surface area (Å²) >= 11 is 11.8. The molecule has 7 nitrogen and oxygen atoms in total. The van der Waals surface area contributed by atoms with E-state index in [2.05, 4.69) is 15.0 Å². The molecule has 0 unspecified atom stereocenters. The SMILES string of the molecule is COc1cc(C(=O)OCC(=O)Nc2nc(C)c(Cl)cc2Cl)ccc1OC(F)F. The number of ether oxygens (including phenoxy) is 3. The van der Waals surface area contributed by atoms with E-state index >= 15 is 0 Å². The van der Waals surface area contributed by atoms with Crippen molar-refractivity contribution in [3.63, 3.8) is 0 Å². The number of anilines is 1. The number of esters is 1. The van der Waals surface area contributed by atoms with E-state index in [4.69, 9.17) is 32.7 Å². The third-order valence-electron chi connectivity index (χ3n) is 3.31. The average molecular weight is 435 g/mol. The largest absolute Gasteiger partial charge is 0.493 e. The van der Waals surface area contributed by atoms with Crippen LogP contribution >= 0.6 is 23.2 Å². The molecule has 150 valence electrons. The Hall–Kier alpha value is -2.65. The van der Waals surface area contributed by atoms with Gasteiger partial charge in [-0.25, -0.2) is 9.78 Å². The van der Waals surface area contributed by atoms with E-state index in [1.807, 2.05) is 0 Å². The minimum atomic E-state index is -3.05. The molecular formula is C17H14Cl2F2N2O5. The van der Waals surface area contributed by atoms with Crippen molar-refractivity contribution in [1.29, 1.82) is 0 Å². The zero-order valence-electron chi connectivity index (χ0n) is 14.6. The Kier molecular flexibility index (Phi) is 7.36. The van der Waals surface area contributed by atoms with Gasteiger partial charge in [0, 0.05) is 0 Å². The number of rotatable bonds is 7. The Morgan fingerprint density at radius 2 is 1.89 bits per heavy atom. The highest BCUT2D eigenvalue weighted by molar-refractivity contribution is 6.36. The van der Waals surface area contributed by atoms with Gasteiger partial charge in [0.25, 0.3) is 5.91 Å². The molecular weight excluding hydrogens is 421 g/mol. The van der Waals surface area contributed by atoms with Crippen molar-refractivity contribution in [3.05, 3.63) is 45.6 Å². The Morgan fingerprint density at radius 3 is 2.54 bits per heavy atom. The van der Waals surface area contributed by atoms with Crippen LogP contribution in [0.1, 0.15) is 16.1 Å². The molecule has 0 fully saturated rings. The molecule has 0 bridgehead atoms. The summed E-state index contributed by atoms with van der Waals surface area (Å²) in [6.07, 6.45) is 0. The van der Waals surface area contributed by atoms with Crippen molar-refractivity contribution in [3.8, 4) is 11.5 Å². The van der Waals surface area contributed by atoms with Gasteiger partial charge in [-0.1, -0.05) is 23.2 Å². The van der Waals surface area contributed by atoms with Crippen molar-refractivity contribution < 1.29 is 32.6 Å². The van der Waals surface area contributed by atoms with Crippen LogP contribution < -0.4 is 14.8 Å². The standard InChI is InChI=1S/C17H14Cl2F2N2O5/c1-8-10(18)6-11(19)15(22-8)23-14(24)7-27-16(25)9-3-4-12(28-17(20)21)13(5-9)26-2/h3-6,17H,7H2,1-2H3,(H,22,23,24). The van der Waals surface area contributed by atoms with Crippen LogP contribution in [0.15, 0.2) is 24.3 Å². The summed E-state index contributed by atoms with van der Waals surface area (Å²) in [6, 6.07) is 4.89. The molecule has 1 amide bonds. The normalized spacial score (nSPS) is 10.5. The third-order valence-corrected chi connectivity index (χ3v) is 3.98. The first-order valence-electron chi connectivity index (χ1n) is 7.63. The summed E-state index contributed by atoms with van der Waals surface area (Å²) in [7, 11) is 1.22. The van der Waals surface area contributed by atoms with Gasteiger partial charge in [-0.2, -0.15) is 8.78 Å². The predicted octanol–water partition coefficient (Wildman–Crippen LogP) is 4.10. The quantitative estimate of drug-likeness (QED) is 0.660. The van der Waals surface area contributed by atoms with Crippen molar-refractivity contribution in [2.45, 2.75) is 13.5 Å². The Balaban J connectivity index is 2.00. The van der Waals surface area contributed by atoms with Crippen LogP contribution in [0.4, 0.5) is 14.6 Å². The molecule has 0 saturated carbocycles. The van der Waals surface area contributed by atoms with Crippen LogP contribution in [0, 0.1) is 6.92 Å². The Labute approximate surface area is 168 Å². The number of pyridine rings is 1. The van der Waals surface area contributed by atoms with Crippen LogP contribution in [0.3, 0.4) is 0 Å². The van der Waals surface area contributed by atoms with E-state index < -0.39 is 25.1 Å². The number of benzene rings is 1. The molecule has 0 spiro atoms. The molecule has 1 aromatic carbocycles. The predicted molar refractivity (Wildman–Crippen MR) is 97.5 cm³/mol. The fourth-order valence-electron chi connectivity index (χ4n) is 2.02. The van der Waals surface area contributed by atoms with Gasteiger partial charge >= 0.3 is 12.6 Å². The van der Waals surface area contributed by atoms with Gasteiger partial charge in [-0.3, -0.25) is 4.79 Å². The number of aromatic nitrogens is 1. The van der Waals surface area contributed by atoms with Crippen molar-refractivity contribution in [1.82, 2.24) is 4.98 Å². The fraction of sp³-hybridized carbons (Fsp3) is 0.235.